The first-order valence-electron chi connectivity index (χ1n) is 11.8. The summed E-state index contributed by atoms with van der Waals surface area (Å²) >= 11 is 0. The summed E-state index contributed by atoms with van der Waals surface area (Å²) in [6, 6.07) is 11.6. The molecule has 2 aromatic carbocycles. The van der Waals surface area contributed by atoms with Gasteiger partial charge in [0.25, 0.3) is 11.5 Å². The van der Waals surface area contributed by atoms with E-state index in [4.69, 9.17) is 0 Å². The van der Waals surface area contributed by atoms with Gasteiger partial charge in [-0.2, -0.15) is 5.10 Å². The van der Waals surface area contributed by atoms with Gasteiger partial charge in [-0.1, -0.05) is 24.3 Å². The number of amides is 2. The third-order valence-corrected chi connectivity index (χ3v) is 7.03. The van der Waals surface area contributed by atoms with Crippen LogP contribution in [0.15, 0.2) is 47.3 Å². The zero-order chi connectivity index (χ0) is 24.7. The molecule has 1 N–H and O–H groups in total. The van der Waals surface area contributed by atoms with E-state index in [1.54, 1.807) is 18.2 Å². The van der Waals surface area contributed by atoms with Crippen molar-refractivity contribution in [1.29, 1.82) is 0 Å². The summed E-state index contributed by atoms with van der Waals surface area (Å²) in [4.78, 5) is 43.5. The Hall–Kier alpha value is -3.59. The number of halogens is 1. The Balaban J connectivity index is 1.30. The summed E-state index contributed by atoms with van der Waals surface area (Å²) in [7, 11) is 3.93. The lowest BCUT2D eigenvalue weighted by Gasteiger charge is -2.42. The van der Waals surface area contributed by atoms with Crippen LogP contribution >= 0.6 is 0 Å². The van der Waals surface area contributed by atoms with Gasteiger partial charge in [-0.3, -0.25) is 19.3 Å². The fraction of sp³-hybridized carbons (Fsp3) is 0.385. The highest BCUT2D eigenvalue weighted by molar-refractivity contribution is 5.96. The minimum atomic E-state index is -0.597. The second-order valence-corrected chi connectivity index (χ2v) is 9.56. The average Bonchev–Trinajstić information content (AvgIpc) is 3.32. The van der Waals surface area contributed by atoms with Crippen LogP contribution < -0.4 is 5.56 Å². The number of carbonyl (C=O) groups is 2. The predicted molar refractivity (Wildman–Crippen MR) is 129 cm³/mol. The van der Waals surface area contributed by atoms with Crippen molar-refractivity contribution >= 4 is 22.6 Å². The molecule has 0 aliphatic carbocycles. The van der Waals surface area contributed by atoms with Crippen LogP contribution in [0.2, 0.25) is 0 Å². The van der Waals surface area contributed by atoms with E-state index in [9.17, 15) is 18.8 Å². The standard InChI is InChI=1S/C26H28FN5O3/c1-30(2)23-8-5-11-32(23)25(34)17-14-31(15-17)26(35)20-12-16(9-10-21(20)27)13-22-18-6-3-4-7-19(18)24(33)29-28-22/h3-4,6-7,9-10,12,17,23H,5,8,11,13-15H2,1-2H3,(H,29,33)/t23-/m0/s1. The van der Waals surface area contributed by atoms with Crippen molar-refractivity contribution in [2.45, 2.75) is 25.4 Å². The van der Waals surface area contributed by atoms with Crippen molar-refractivity contribution in [2.75, 3.05) is 33.7 Å². The number of aromatic amines is 1. The number of benzene rings is 2. The van der Waals surface area contributed by atoms with Crippen molar-refractivity contribution in [2.24, 2.45) is 5.92 Å². The molecule has 3 heterocycles. The molecule has 0 unspecified atom stereocenters. The topological polar surface area (TPSA) is 89.6 Å². The third-order valence-electron chi connectivity index (χ3n) is 7.03. The number of hydrogen-bond donors (Lipinski definition) is 1. The number of carbonyl (C=O) groups excluding carboxylic acids is 2. The maximum atomic E-state index is 14.6. The summed E-state index contributed by atoms with van der Waals surface area (Å²) < 4.78 is 14.6. The molecule has 5 rings (SSSR count). The second kappa shape index (κ2) is 9.22. The largest absolute Gasteiger partial charge is 0.337 e. The lowest BCUT2D eigenvalue weighted by molar-refractivity contribution is -0.143. The van der Waals surface area contributed by atoms with Crippen LogP contribution in [0.4, 0.5) is 4.39 Å². The summed E-state index contributed by atoms with van der Waals surface area (Å²) in [5.41, 5.74) is 1.06. The average molecular weight is 478 g/mol. The highest BCUT2D eigenvalue weighted by Gasteiger charge is 2.42. The van der Waals surface area contributed by atoms with Gasteiger partial charge < -0.3 is 9.80 Å². The number of nitrogens with zero attached hydrogens (tertiary/aromatic N) is 4. The highest BCUT2D eigenvalue weighted by atomic mass is 19.1. The van der Waals surface area contributed by atoms with Gasteiger partial charge in [0.15, 0.2) is 0 Å². The van der Waals surface area contributed by atoms with Crippen LogP contribution in [0, 0.1) is 11.7 Å². The first-order valence-corrected chi connectivity index (χ1v) is 11.8. The monoisotopic (exact) mass is 477 g/mol. The molecule has 2 aliphatic rings. The number of rotatable bonds is 5. The van der Waals surface area contributed by atoms with Crippen molar-refractivity contribution in [3.05, 3.63) is 75.5 Å². The van der Waals surface area contributed by atoms with Gasteiger partial charge in [-0.15, -0.1) is 0 Å². The van der Waals surface area contributed by atoms with Gasteiger partial charge >= 0.3 is 0 Å². The number of nitrogens with one attached hydrogen (secondary N) is 1. The summed E-state index contributed by atoms with van der Waals surface area (Å²) in [6.45, 7) is 1.32. The van der Waals surface area contributed by atoms with Crippen LogP contribution in [-0.2, 0) is 11.2 Å². The normalized spacial score (nSPS) is 18.3. The van der Waals surface area contributed by atoms with Crippen LogP contribution in [0.5, 0.6) is 0 Å². The van der Waals surface area contributed by atoms with Crippen LogP contribution in [0.1, 0.15) is 34.5 Å². The van der Waals surface area contributed by atoms with Crippen LogP contribution in [0.25, 0.3) is 10.8 Å². The molecule has 35 heavy (non-hydrogen) atoms. The Labute approximate surface area is 202 Å². The number of likely N-dealkylation sites (tertiary alicyclic amines) is 2. The zero-order valence-corrected chi connectivity index (χ0v) is 19.8. The zero-order valence-electron chi connectivity index (χ0n) is 19.8. The molecule has 0 radical (unpaired) electrons. The molecule has 0 spiro atoms. The minimum Gasteiger partial charge on any atom is -0.337 e. The molecule has 0 saturated carbocycles. The maximum absolute atomic E-state index is 14.6. The van der Waals surface area contributed by atoms with Gasteiger partial charge in [-0.05, 0) is 50.7 Å². The van der Waals surface area contributed by atoms with Crippen molar-refractivity contribution < 1.29 is 14.0 Å². The van der Waals surface area contributed by atoms with E-state index in [0.717, 1.165) is 24.8 Å². The van der Waals surface area contributed by atoms with E-state index in [2.05, 4.69) is 10.2 Å². The van der Waals surface area contributed by atoms with E-state index in [-0.39, 0.29) is 29.1 Å². The molecule has 8 nitrogen and oxygen atoms in total. The molecule has 2 fully saturated rings. The molecule has 2 aliphatic heterocycles. The second-order valence-electron chi connectivity index (χ2n) is 9.56. The van der Waals surface area contributed by atoms with Crippen molar-refractivity contribution in [3.63, 3.8) is 0 Å². The van der Waals surface area contributed by atoms with Gasteiger partial charge in [-0.25, -0.2) is 9.49 Å². The van der Waals surface area contributed by atoms with E-state index in [0.29, 0.717) is 36.2 Å². The minimum absolute atomic E-state index is 0.0190. The van der Waals surface area contributed by atoms with E-state index < -0.39 is 11.7 Å². The van der Waals surface area contributed by atoms with Gasteiger partial charge in [0.2, 0.25) is 5.91 Å². The van der Waals surface area contributed by atoms with Gasteiger partial charge in [0.1, 0.15) is 5.82 Å². The third kappa shape index (κ3) is 4.32. The van der Waals surface area contributed by atoms with Crippen LogP contribution in [-0.4, -0.2) is 76.6 Å². The molecule has 3 aromatic rings. The van der Waals surface area contributed by atoms with Crippen molar-refractivity contribution in [3.8, 4) is 0 Å². The SMILES string of the molecule is CN(C)[C@@H]1CCCN1C(=O)C1CN(C(=O)c2cc(Cc3n[nH]c(=O)c4ccccc34)ccc2F)C1. The van der Waals surface area contributed by atoms with E-state index >= 15 is 0 Å². The molecular weight excluding hydrogens is 449 g/mol. The molecule has 1 atom stereocenters. The molecule has 2 amide bonds. The molecule has 9 heteroatoms. The Morgan fingerprint density at radius 3 is 2.63 bits per heavy atom. The first kappa shape index (κ1) is 23.2. The van der Waals surface area contributed by atoms with Crippen molar-refractivity contribution in [1.82, 2.24) is 24.9 Å². The highest BCUT2D eigenvalue weighted by Crippen LogP contribution is 2.27. The first-order chi connectivity index (χ1) is 16.8. The fourth-order valence-electron chi connectivity index (χ4n) is 5.09. The smallest absolute Gasteiger partial charge is 0.272 e. The number of H-pyrrole nitrogens is 1. The molecular formula is C26H28FN5O3. The van der Waals surface area contributed by atoms with Gasteiger partial charge in [0.05, 0.1) is 28.7 Å². The molecule has 0 bridgehead atoms. The summed E-state index contributed by atoms with van der Waals surface area (Å²) in [5, 5.41) is 7.92. The maximum Gasteiger partial charge on any atom is 0.272 e. The summed E-state index contributed by atoms with van der Waals surface area (Å²) in [6.07, 6.45) is 2.35. The lowest BCUT2D eigenvalue weighted by Crippen LogP contribution is -2.58. The number of hydrogen-bond acceptors (Lipinski definition) is 5. The number of aromatic nitrogens is 2. The Bertz CT molecular complexity index is 1350. The molecule has 2 saturated heterocycles. The van der Waals surface area contributed by atoms with E-state index in [1.165, 1.54) is 17.0 Å². The molecule has 1 aromatic heterocycles. The van der Waals surface area contributed by atoms with Crippen LogP contribution in [0.3, 0.4) is 0 Å². The Morgan fingerprint density at radius 2 is 1.89 bits per heavy atom. The Morgan fingerprint density at radius 1 is 1.14 bits per heavy atom. The van der Waals surface area contributed by atoms with E-state index in [1.807, 2.05) is 36.0 Å². The quantitative estimate of drug-likeness (QED) is 0.609. The van der Waals surface area contributed by atoms with Gasteiger partial charge in [0, 0.05) is 31.4 Å². The fourth-order valence-corrected chi connectivity index (χ4v) is 5.09. The Kier molecular flexibility index (Phi) is 6.10. The molecule has 182 valence electrons. The number of fused-ring (bicyclic) bond motifs is 1. The summed E-state index contributed by atoms with van der Waals surface area (Å²) in [5.74, 6) is -1.20. The lowest BCUT2D eigenvalue weighted by atomic mass is 9.96. The predicted octanol–water partition coefficient (Wildman–Crippen LogP) is 2.24.